The summed E-state index contributed by atoms with van der Waals surface area (Å²) >= 11 is 0. The van der Waals surface area contributed by atoms with Crippen LogP contribution in [0.25, 0.3) is 10.9 Å². The largest absolute Gasteiger partial charge is 0.478 e. The Balaban J connectivity index is 2.09. The van der Waals surface area contributed by atoms with Crippen molar-refractivity contribution in [2.75, 3.05) is 4.72 Å². The van der Waals surface area contributed by atoms with E-state index in [1.807, 2.05) is 6.92 Å². The summed E-state index contributed by atoms with van der Waals surface area (Å²) in [5.74, 6) is -1.19. The molecule has 2 aromatic carbocycles. The number of nitrogens with zero attached hydrogens (tertiary/aromatic N) is 1. The number of sulfonamides is 1. The van der Waals surface area contributed by atoms with Crippen LogP contribution < -0.4 is 4.72 Å². The molecule has 3 aromatic rings. The molecule has 0 bridgehead atoms. The zero-order valence-electron chi connectivity index (χ0n) is 13.4. The van der Waals surface area contributed by atoms with Gasteiger partial charge >= 0.3 is 5.97 Å². The number of rotatable bonds is 5. The third-order valence-corrected chi connectivity index (χ3v) is 5.25. The van der Waals surface area contributed by atoms with Gasteiger partial charge in [0.1, 0.15) is 4.90 Å². The molecule has 2 N–H and O–H groups in total. The average molecular weight is 356 g/mol. The van der Waals surface area contributed by atoms with E-state index in [1.54, 1.807) is 30.3 Å². The van der Waals surface area contributed by atoms with Gasteiger partial charge in [0.25, 0.3) is 10.0 Å². The molecule has 0 atom stereocenters. The van der Waals surface area contributed by atoms with Gasteiger partial charge in [-0.05, 0) is 36.2 Å². The van der Waals surface area contributed by atoms with E-state index in [0.717, 1.165) is 5.56 Å². The van der Waals surface area contributed by atoms with Gasteiger partial charge in [0, 0.05) is 11.6 Å². The number of carboxylic acids is 1. The molecule has 1 heterocycles. The van der Waals surface area contributed by atoms with Gasteiger partial charge in [0.2, 0.25) is 0 Å². The molecule has 0 aliphatic rings. The highest BCUT2D eigenvalue weighted by Gasteiger charge is 2.21. The van der Waals surface area contributed by atoms with E-state index in [0.29, 0.717) is 17.3 Å². The number of hydrogen-bond acceptors (Lipinski definition) is 4. The van der Waals surface area contributed by atoms with Gasteiger partial charge in [-0.2, -0.15) is 0 Å². The number of benzene rings is 2. The Labute approximate surface area is 145 Å². The van der Waals surface area contributed by atoms with Gasteiger partial charge in [0.15, 0.2) is 0 Å². The molecule has 7 heteroatoms. The first kappa shape index (κ1) is 16.9. The molecule has 0 spiro atoms. The van der Waals surface area contributed by atoms with Crippen LogP contribution in [0.4, 0.5) is 5.69 Å². The Kier molecular flexibility index (Phi) is 4.41. The summed E-state index contributed by atoms with van der Waals surface area (Å²) in [7, 11) is -3.99. The van der Waals surface area contributed by atoms with Crippen molar-refractivity contribution in [3.8, 4) is 0 Å². The summed E-state index contributed by atoms with van der Waals surface area (Å²) in [6.45, 7) is 1.90. The summed E-state index contributed by atoms with van der Waals surface area (Å²) in [4.78, 5) is 15.6. The van der Waals surface area contributed by atoms with E-state index >= 15 is 0 Å². The Bertz CT molecular complexity index is 1060. The number of hydrogen-bond donors (Lipinski definition) is 2. The van der Waals surface area contributed by atoms with Gasteiger partial charge in [-0.3, -0.25) is 9.71 Å². The fourth-order valence-electron chi connectivity index (χ4n) is 2.57. The highest BCUT2D eigenvalue weighted by Crippen LogP contribution is 2.25. The van der Waals surface area contributed by atoms with Crippen LogP contribution in [0.3, 0.4) is 0 Å². The number of pyridine rings is 1. The van der Waals surface area contributed by atoms with Gasteiger partial charge < -0.3 is 5.11 Å². The maximum atomic E-state index is 12.8. The van der Waals surface area contributed by atoms with Gasteiger partial charge in [0.05, 0.1) is 16.8 Å². The average Bonchev–Trinajstić information content (AvgIpc) is 2.61. The molecule has 0 fully saturated rings. The maximum absolute atomic E-state index is 12.8. The number of aromatic nitrogens is 1. The third kappa shape index (κ3) is 3.32. The van der Waals surface area contributed by atoms with Crippen LogP contribution in [0.5, 0.6) is 0 Å². The second kappa shape index (κ2) is 6.52. The minimum absolute atomic E-state index is 0.00140. The van der Waals surface area contributed by atoms with E-state index in [-0.39, 0.29) is 16.1 Å². The van der Waals surface area contributed by atoms with Gasteiger partial charge in [-0.15, -0.1) is 0 Å². The van der Waals surface area contributed by atoms with Crippen LogP contribution >= 0.6 is 0 Å². The summed E-state index contributed by atoms with van der Waals surface area (Å²) in [5.41, 5.74) is 1.08. The van der Waals surface area contributed by atoms with Crippen LogP contribution in [0.1, 0.15) is 22.8 Å². The highest BCUT2D eigenvalue weighted by atomic mass is 32.2. The van der Waals surface area contributed by atoms with Crippen molar-refractivity contribution in [3.05, 3.63) is 65.9 Å². The SMILES string of the molecule is CCc1ccc(NS(=O)(=O)c2cccc3cccnc23)c(C(=O)O)c1. The smallest absolute Gasteiger partial charge is 0.337 e. The molecule has 25 heavy (non-hydrogen) atoms. The predicted octanol–water partition coefficient (Wildman–Crippen LogP) is 3.30. The number of nitrogens with one attached hydrogen (secondary N) is 1. The molecular weight excluding hydrogens is 340 g/mol. The van der Waals surface area contributed by atoms with E-state index in [9.17, 15) is 18.3 Å². The normalized spacial score (nSPS) is 11.4. The molecule has 0 saturated carbocycles. The van der Waals surface area contributed by atoms with Crippen molar-refractivity contribution >= 4 is 32.6 Å². The predicted molar refractivity (Wildman–Crippen MR) is 95.3 cm³/mol. The van der Waals surface area contributed by atoms with Gasteiger partial charge in [-0.25, -0.2) is 13.2 Å². The monoisotopic (exact) mass is 356 g/mol. The lowest BCUT2D eigenvalue weighted by Gasteiger charge is -2.13. The van der Waals surface area contributed by atoms with Crippen molar-refractivity contribution in [1.82, 2.24) is 4.98 Å². The molecule has 6 nitrogen and oxygen atoms in total. The van der Waals surface area contributed by atoms with Crippen LogP contribution in [0, 0.1) is 0 Å². The molecule has 128 valence electrons. The van der Waals surface area contributed by atoms with Crippen molar-refractivity contribution in [2.24, 2.45) is 0 Å². The van der Waals surface area contributed by atoms with Crippen molar-refractivity contribution in [1.29, 1.82) is 0 Å². The first-order chi connectivity index (χ1) is 11.9. The molecule has 0 saturated heterocycles. The molecule has 3 rings (SSSR count). The zero-order valence-corrected chi connectivity index (χ0v) is 14.2. The topological polar surface area (TPSA) is 96.4 Å². The number of carbonyl (C=O) groups is 1. The summed E-state index contributed by atoms with van der Waals surface area (Å²) in [6.07, 6.45) is 2.17. The lowest BCUT2D eigenvalue weighted by molar-refractivity contribution is 0.0698. The Morgan fingerprint density at radius 3 is 2.64 bits per heavy atom. The Hall–Kier alpha value is -2.93. The number of anilines is 1. The number of carboxylic acid groups (broad SMARTS) is 1. The number of aryl methyl sites for hydroxylation is 1. The highest BCUT2D eigenvalue weighted by molar-refractivity contribution is 7.93. The lowest BCUT2D eigenvalue weighted by atomic mass is 10.1. The molecule has 1 aromatic heterocycles. The number of aromatic carboxylic acids is 1. The first-order valence-corrected chi connectivity index (χ1v) is 9.13. The summed E-state index contributed by atoms with van der Waals surface area (Å²) in [5, 5.41) is 10.1. The molecule has 0 radical (unpaired) electrons. The maximum Gasteiger partial charge on any atom is 0.337 e. The first-order valence-electron chi connectivity index (χ1n) is 7.65. The second-order valence-corrected chi connectivity index (χ2v) is 7.13. The quantitative estimate of drug-likeness (QED) is 0.731. The minimum atomic E-state index is -3.99. The number of para-hydroxylation sites is 1. The Morgan fingerprint density at radius 1 is 1.16 bits per heavy atom. The van der Waals surface area contributed by atoms with Crippen LogP contribution in [-0.4, -0.2) is 24.5 Å². The van der Waals surface area contributed by atoms with Crippen molar-refractivity contribution < 1.29 is 18.3 Å². The lowest BCUT2D eigenvalue weighted by Crippen LogP contribution is -2.16. The second-order valence-electron chi connectivity index (χ2n) is 5.48. The molecular formula is C18H16N2O4S. The molecule has 0 aliphatic heterocycles. The van der Waals surface area contributed by atoms with Crippen molar-refractivity contribution in [3.63, 3.8) is 0 Å². The molecule has 0 amide bonds. The van der Waals surface area contributed by atoms with Crippen LogP contribution in [-0.2, 0) is 16.4 Å². The zero-order chi connectivity index (χ0) is 18.0. The van der Waals surface area contributed by atoms with Gasteiger partial charge in [-0.1, -0.05) is 31.2 Å². The standard InChI is InChI=1S/C18H16N2O4S/c1-2-12-8-9-15(14(11-12)18(21)22)20-25(23,24)16-7-3-5-13-6-4-10-19-17(13)16/h3-11,20H,2H2,1H3,(H,21,22). The fourth-order valence-corrected chi connectivity index (χ4v) is 3.83. The van der Waals surface area contributed by atoms with Crippen LogP contribution in [0.15, 0.2) is 59.6 Å². The van der Waals surface area contributed by atoms with Crippen molar-refractivity contribution in [2.45, 2.75) is 18.2 Å². The fraction of sp³-hybridized carbons (Fsp3) is 0.111. The summed E-state index contributed by atoms with van der Waals surface area (Å²) in [6, 6.07) is 13.0. The third-order valence-electron chi connectivity index (χ3n) is 3.85. The van der Waals surface area contributed by atoms with Crippen LogP contribution in [0.2, 0.25) is 0 Å². The number of fused-ring (bicyclic) bond motifs is 1. The Morgan fingerprint density at radius 2 is 1.92 bits per heavy atom. The minimum Gasteiger partial charge on any atom is -0.478 e. The van der Waals surface area contributed by atoms with E-state index < -0.39 is 16.0 Å². The van der Waals surface area contributed by atoms with E-state index in [1.165, 1.54) is 24.4 Å². The summed E-state index contributed by atoms with van der Waals surface area (Å²) < 4.78 is 28.0. The van der Waals surface area contributed by atoms with E-state index in [4.69, 9.17) is 0 Å². The van der Waals surface area contributed by atoms with E-state index in [2.05, 4.69) is 9.71 Å². The molecule has 0 aliphatic carbocycles. The molecule has 0 unspecified atom stereocenters.